The van der Waals surface area contributed by atoms with Crippen LogP contribution in [0.5, 0.6) is 0 Å². The average Bonchev–Trinajstić information content (AvgIpc) is 3.50. The van der Waals surface area contributed by atoms with Gasteiger partial charge in [0.1, 0.15) is 23.3 Å². The summed E-state index contributed by atoms with van der Waals surface area (Å²) in [6.07, 6.45) is 3.84. The standard InChI is InChI=1S/C23H24FN10OP/c1-14-28-15(2)33(30-14)22-26-13-20(36)21(29-22)31-5-7-32(8-6-31)23(35)34-19(3-4-27-34)17-9-16(12-25)10-18(24)11-17/h4,9-11,13,19H,3,5-8,36H2,1-2H3. The minimum absolute atomic E-state index is 0.214. The number of benzene rings is 1. The van der Waals surface area contributed by atoms with E-state index in [0.717, 1.165) is 11.1 Å². The quantitative estimate of drug-likeness (QED) is 0.498. The number of nitriles is 1. The number of carbonyl (C=O) groups is 1. The Morgan fingerprint density at radius 1 is 1.17 bits per heavy atom. The highest BCUT2D eigenvalue weighted by molar-refractivity contribution is 7.28. The maximum Gasteiger partial charge on any atom is 0.341 e. The summed E-state index contributed by atoms with van der Waals surface area (Å²) in [5, 5.41) is 20.0. The van der Waals surface area contributed by atoms with Gasteiger partial charge in [0.2, 0.25) is 0 Å². The van der Waals surface area contributed by atoms with E-state index >= 15 is 0 Å². The molecule has 1 aromatic carbocycles. The second kappa shape index (κ2) is 9.59. The number of aryl methyl sites for hydroxylation is 2. The van der Waals surface area contributed by atoms with Crippen LogP contribution in [-0.2, 0) is 0 Å². The van der Waals surface area contributed by atoms with Gasteiger partial charge in [0.05, 0.1) is 17.7 Å². The lowest BCUT2D eigenvalue weighted by Gasteiger charge is -2.38. The summed E-state index contributed by atoms with van der Waals surface area (Å²) in [5.41, 5.74) is 0.766. The number of piperazine rings is 1. The summed E-state index contributed by atoms with van der Waals surface area (Å²) in [4.78, 5) is 30.6. The molecule has 0 bridgehead atoms. The van der Waals surface area contributed by atoms with Crippen molar-refractivity contribution in [2.24, 2.45) is 5.10 Å². The molecule has 2 aliphatic rings. The molecule has 0 aliphatic carbocycles. The highest BCUT2D eigenvalue weighted by Gasteiger charge is 2.34. The minimum Gasteiger partial charge on any atom is -0.352 e. The van der Waals surface area contributed by atoms with Gasteiger partial charge in [-0.2, -0.15) is 20.0 Å². The molecule has 0 spiro atoms. The second-order valence-corrected chi connectivity index (χ2v) is 9.22. The molecule has 2 aromatic heterocycles. The average molecular weight is 506 g/mol. The van der Waals surface area contributed by atoms with Crippen LogP contribution in [0.3, 0.4) is 0 Å². The van der Waals surface area contributed by atoms with Gasteiger partial charge < -0.3 is 9.80 Å². The molecule has 3 aromatic rings. The first-order chi connectivity index (χ1) is 17.3. The number of aromatic nitrogens is 5. The predicted octanol–water partition coefficient (Wildman–Crippen LogP) is 1.86. The highest BCUT2D eigenvalue weighted by Crippen LogP contribution is 2.30. The normalized spacial score (nSPS) is 17.5. The molecule has 0 N–H and O–H groups in total. The first-order valence-corrected chi connectivity index (χ1v) is 12.0. The molecule has 184 valence electrons. The Morgan fingerprint density at radius 3 is 2.64 bits per heavy atom. The molecule has 1 saturated heterocycles. The van der Waals surface area contributed by atoms with E-state index in [4.69, 9.17) is 4.98 Å². The third-order valence-electron chi connectivity index (χ3n) is 6.16. The molecule has 2 atom stereocenters. The maximum atomic E-state index is 14.0. The summed E-state index contributed by atoms with van der Waals surface area (Å²) in [6, 6.07) is 5.39. The summed E-state index contributed by atoms with van der Waals surface area (Å²) < 4.78 is 15.6. The third-order valence-corrected chi connectivity index (χ3v) is 6.56. The van der Waals surface area contributed by atoms with Crippen LogP contribution in [0.2, 0.25) is 0 Å². The summed E-state index contributed by atoms with van der Waals surface area (Å²) >= 11 is 0. The van der Waals surface area contributed by atoms with Crippen LogP contribution in [-0.4, -0.2) is 73.1 Å². The van der Waals surface area contributed by atoms with E-state index < -0.39 is 11.9 Å². The van der Waals surface area contributed by atoms with Gasteiger partial charge in [0.25, 0.3) is 5.95 Å². The fourth-order valence-corrected chi connectivity index (χ4v) is 4.76. The van der Waals surface area contributed by atoms with Crippen molar-refractivity contribution in [1.82, 2.24) is 34.6 Å². The van der Waals surface area contributed by atoms with Crippen molar-refractivity contribution >= 4 is 32.6 Å². The third kappa shape index (κ3) is 4.50. The first kappa shape index (κ1) is 23.8. The molecular weight excluding hydrogens is 482 g/mol. The number of hydrogen-bond acceptors (Lipinski definition) is 8. The van der Waals surface area contributed by atoms with E-state index in [0.29, 0.717) is 55.8 Å². The number of hydrogen-bond donors (Lipinski definition) is 0. The Hall–Kier alpha value is -3.97. The van der Waals surface area contributed by atoms with Crippen molar-refractivity contribution in [2.45, 2.75) is 26.3 Å². The van der Waals surface area contributed by atoms with Gasteiger partial charge in [-0.25, -0.2) is 24.2 Å². The molecule has 2 aliphatic heterocycles. The Balaban J connectivity index is 1.29. The summed E-state index contributed by atoms with van der Waals surface area (Å²) in [7, 11) is 2.66. The van der Waals surface area contributed by atoms with Crippen LogP contribution in [0.15, 0.2) is 29.5 Å². The van der Waals surface area contributed by atoms with Crippen molar-refractivity contribution in [3.63, 3.8) is 0 Å². The SMILES string of the molecule is Cc1nc(C)n(-c2ncc(P)c(N3CCN(C(=O)N4N=CCC4c4cc(F)cc(C#N)c4)CC3)n2)n1. The molecule has 1 fully saturated rings. The molecule has 11 nitrogen and oxygen atoms in total. The number of urea groups is 1. The Bertz CT molecular complexity index is 1390. The van der Waals surface area contributed by atoms with Gasteiger partial charge in [0, 0.05) is 50.3 Å². The number of nitrogens with zero attached hydrogens (tertiary/aromatic N) is 10. The maximum absolute atomic E-state index is 14.0. The van der Waals surface area contributed by atoms with Gasteiger partial charge in [-0.3, -0.25) is 0 Å². The van der Waals surface area contributed by atoms with Crippen molar-refractivity contribution in [1.29, 1.82) is 5.26 Å². The molecule has 0 saturated carbocycles. The Labute approximate surface area is 209 Å². The van der Waals surface area contributed by atoms with Crippen LogP contribution in [0.4, 0.5) is 15.0 Å². The lowest BCUT2D eigenvalue weighted by molar-refractivity contribution is 0.139. The van der Waals surface area contributed by atoms with E-state index in [1.165, 1.54) is 17.1 Å². The lowest BCUT2D eigenvalue weighted by Crippen LogP contribution is -2.52. The zero-order chi connectivity index (χ0) is 25.4. The number of rotatable bonds is 3. The van der Waals surface area contributed by atoms with Gasteiger partial charge in [-0.1, -0.05) is 9.24 Å². The van der Waals surface area contributed by atoms with Crippen LogP contribution in [0.25, 0.3) is 5.95 Å². The molecule has 0 radical (unpaired) electrons. The van der Waals surface area contributed by atoms with Crippen molar-refractivity contribution < 1.29 is 9.18 Å². The number of anilines is 1. The van der Waals surface area contributed by atoms with Crippen LogP contribution in [0, 0.1) is 31.0 Å². The van der Waals surface area contributed by atoms with E-state index in [1.54, 1.807) is 28.1 Å². The van der Waals surface area contributed by atoms with Gasteiger partial charge in [-0.05, 0) is 37.6 Å². The molecule has 36 heavy (non-hydrogen) atoms. The van der Waals surface area contributed by atoms with E-state index in [2.05, 4.69) is 34.3 Å². The Kier molecular flexibility index (Phi) is 6.33. The Morgan fingerprint density at radius 2 is 1.94 bits per heavy atom. The minimum atomic E-state index is -0.509. The van der Waals surface area contributed by atoms with Gasteiger partial charge in [-0.15, -0.1) is 5.10 Å². The fourth-order valence-electron chi connectivity index (χ4n) is 4.44. The summed E-state index contributed by atoms with van der Waals surface area (Å²) in [6.45, 7) is 5.74. The van der Waals surface area contributed by atoms with E-state index in [1.807, 2.05) is 19.9 Å². The topological polar surface area (TPSA) is 119 Å². The molecule has 5 rings (SSSR count). The van der Waals surface area contributed by atoms with Gasteiger partial charge >= 0.3 is 6.03 Å². The fraction of sp³-hybridized carbons (Fsp3) is 0.348. The number of amides is 2. The van der Waals surface area contributed by atoms with Crippen molar-refractivity contribution in [2.75, 3.05) is 31.1 Å². The molecule has 2 unspecified atom stereocenters. The number of halogens is 1. The second-order valence-electron chi connectivity index (χ2n) is 8.60. The zero-order valence-corrected chi connectivity index (χ0v) is 21.0. The molecule has 4 heterocycles. The molecule has 2 amide bonds. The smallest absolute Gasteiger partial charge is 0.341 e. The molecule has 13 heteroatoms. The summed E-state index contributed by atoms with van der Waals surface area (Å²) in [5.74, 6) is 2.03. The van der Waals surface area contributed by atoms with Crippen LogP contribution in [0.1, 0.15) is 35.2 Å². The van der Waals surface area contributed by atoms with Crippen LogP contribution < -0.4 is 10.2 Å². The monoisotopic (exact) mass is 506 g/mol. The van der Waals surface area contributed by atoms with E-state index in [9.17, 15) is 14.4 Å². The number of hydrazone groups is 1. The highest BCUT2D eigenvalue weighted by atomic mass is 31.0. The predicted molar refractivity (Wildman–Crippen MR) is 134 cm³/mol. The van der Waals surface area contributed by atoms with Gasteiger partial charge in [0.15, 0.2) is 0 Å². The lowest BCUT2D eigenvalue weighted by atomic mass is 10.0. The van der Waals surface area contributed by atoms with Crippen molar-refractivity contribution in [3.8, 4) is 12.0 Å². The zero-order valence-electron chi connectivity index (χ0n) is 19.8. The molecular formula is C23H24FN10OP. The van der Waals surface area contributed by atoms with Crippen LogP contribution >= 0.6 is 9.24 Å². The first-order valence-electron chi connectivity index (χ1n) is 11.4. The number of carbonyl (C=O) groups excluding carboxylic acids is 1. The van der Waals surface area contributed by atoms with Crippen molar-refractivity contribution in [3.05, 3.63) is 53.0 Å². The van der Waals surface area contributed by atoms with E-state index in [-0.39, 0.29) is 11.6 Å². The largest absolute Gasteiger partial charge is 0.352 e.